The summed E-state index contributed by atoms with van der Waals surface area (Å²) in [5.74, 6) is 0.341. The molecule has 0 unspecified atom stereocenters. The quantitative estimate of drug-likeness (QED) is 0.219. The first-order chi connectivity index (χ1) is 12.9. The van der Waals surface area contributed by atoms with Gasteiger partial charge >= 0.3 is 0 Å². The molecule has 0 heterocycles. The predicted molar refractivity (Wildman–Crippen MR) is 121 cm³/mol. The third kappa shape index (κ3) is 16.2. The topological polar surface area (TPSA) is 20.3 Å². The first-order valence-corrected chi connectivity index (χ1v) is 12.2. The molecule has 0 aliphatic carbocycles. The van der Waals surface area contributed by atoms with Crippen molar-refractivity contribution in [2.75, 3.05) is 13.1 Å². The molecule has 162 valence electrons. The summed E-state index contributed by atoms with van der Waals surface area (Å²) in [6, 6.07) is 0. The predicted octanol–water partition coefficient (Wildman–Crippen LogP) is 8.14. The first kappa shape index (κ1) is 26.5. The normalized spacial score (nSPS) is 11.7. The Morgan fingerprint density at radius 2 is 0.852 bits per heavy atom. The lowest BCUT2D eigenvalue weighted by molar-refractivity contribution is -0.139. The molecule has 0 bridgehead atoms. The van der Waals surface area contributed by atoms with Crippen molar-refractivity contribution in [2.45, 2.75) is 137 Å². The monoisotopic (exact) mass is 381 g/mol. The van der Waals surface area contributed by atoms with Gasteiger partial charge in [0.05, 0.1) is 0 Å². The molecule has 0 aromatic carbocycles. The highest BCUT2D eigenvalue weighted by Gasteiger charge is 2.26. The fourth-order valence-corrected chi connectivity index (χ4v) is 3.66. The smallest absolute Gasteiger partial charge is 0.227 e. The molecule has 2 heteroatoms. The van der Waals surface area contributed by atoms with Crippen LogP contribution in [0.2, 0.25) is 0 Å². The van der Waals surface area contributed by atoms with Gasteiger partial charge in [0, 0.05) is 18.5 Å². The highest BCUT2D eigenvalue weighted by Crippen LogP contribution is 2.19. The fraction of sp³-hybridized carbons (Fsp3) is 0.960. The van der Waals surface area contributed by atoms with Gasteiger partial charge in [-0.3, -0.25) is 4.79 Å². The molecule has 0 aliphatic rings. The van der Waals surface area contributed by atoms with Gasteiger partial charge in [-0.05, 0) is 12.8 Å². The number of carbonyl (C=O) groups excluding carboxylic acids is 1. The van der Waals surface area contributed by atoms with Crippen LogP contribution in [-0.2, 0) is 4.79 Å². The van der Waals surface area contributed by atoms with Crippen LogP contribution in [-0.4, -0.2) is 23.9 Å². The molecule has 0 N–H and O–H groups in total. The van der Waals surface area contributed by atoms with E-state index in [0.29, 0.717) is 5.91 Å². The zero-order valence-electron chi connectivity index (χ0n) is 19.6. The maximum absolute atomic E-state index is 12.8. The minimum Gasteiger partial charge on any atom is -0.342 e. The van der Waals surface area contributed by atoms with E-state index in [-0.39, 0.29) is 5.41 Å². The van der Waals surface area contributed by atoms with Gasteiger partial charge in [-0.25, -0.2) is 0 Å². The minimum atomic E-state index is -0.250. The van der Waals surface area contributed by atoms with Gasteiger partial charge < -0.3 is 4.90 Å². The number of amides is 1. The third-order valence-corrected chi connectivity index (χ3v) is 5.49. The van der Waals surface area contributed by atoms with Crippen molar-refractivity contribution in [3.8, 4) is 0 Å². The van der Waals surface area contributed by atoms with Crippen LogP contribution < -0.4 is 0 Å². The highest BCUT2D eigenvalue weighted by atomic mass is 16.2. The van der Waals surface area contributed by atoms with Crippen molar-refractivity contribution < 1.29 is 4.79 Å². The summed E-state index contributed by atoms with van der Waals surface area (Å²) in [5, 5.41) is 0. The second-order valence-corrected chi connectivity index (χ2v) is 9.49. The molecular weight excluding hydrogens is 330 g/mol. The van der Waals surface area contributed by atoms with Crippen LogP contribution in [0, 0.1) is 5.41 Å². The Kier molecular flexibility index (Phi) is 17.2. The fourth-order valence-electron chi connectivity index (χ4n) is 3.66. The second-order valence-electron chi connectivity index (χ2n) is 9.49. The average Bonchev–Trinajstić information content (AvgIpc) is 2.63. The van der Waals surface area contributed by atoms with E-state index in [1.54, 1.807) is 0 Å². The Morgan fingerprint density at radius 3 is 1.15 bits per heavy atom. The Balaban J connectivity index is 3.97. The van der Waals surface area contributed by atoms with E-state index in [1.165, 1.54) is 103 Å². The first-order valence-electron chi connectivity index (χ1n) is 12.2. The SMILES string of the molecule is CCCCCCCCCCN(CCCCCCCCCC)C(=O)C(C)(C)C. The van der Waals surface area contributed by atoms with Crippen LogP contribution in [0.4, 0.5) is 0 Å². The van der Waals surface area contributed by atoms with E-state index in [2.05, 4.69) is 39.5 Å². The number of hydrogen-bond donors (Lipinski definition) is 0. The van der Waals surface area contributed by atoms with E-state index >= 15 is 0 Å². The molecule has 0 atom stereocenters. The molecule has 0 rings (SSSR count). The molecule has 0 radical (unpaired) electrons. The lowest BCUT2D eigenvalue weighted by atomic mass is 9.94. The Labute approximate surface area is 171 Å². The van der Waals surface area contributed by atoms with Crippen molar-refractivity contribution in [1.29, 1.82) is 0 Å². The summed E-state index contributed by atoms with van der Waals surface area (Å²) in [5.41, 5.74) is -0.250. The molecule has 0 spiro atoms. The lowest BCUT2D eigenvalue weighted by Gasteiger charge is -2.29. The molecule has 0 aliphatic heterocycles. The van der Waals surface area contributed by atoms with Gasteiger partial charge in [0.15, 0.2) is 0 Å². The maximum atomic E-state index is 12.8. The second kappa shape index (κ2) is 17.6. The Hall–Kier alpha value is -0.530. The average molecular weight is 382 g/mol. The number of rotatable bonds is 18. The largest absolute Gasteiger partial charge is 0.342 e. The zero-order valence-corrected chi connectivity index (χ0v) is 19.6. The third-order valence-electron chi connectivity index (χ3n) is 5.49. The van der Waals surface area contributed by atoms with Crippen molar-refractivity contribution in [3.05, 3.63) is 0 Å². The van der Waals surface area contributed by atoms with Gasteiger partial charge in [-0.1, -0.05) is 125 Å². The van der Waals surface area contributed by atoms with Crippen LogP contribution >= 0.6 is 0 Å². The molecule has 2 nitrogen and oxygen atoms in total. The van der Waals surface area contributed by atoms with Gasteiger partial charge in [0.25, 0.3) is 0 Å². The number of hydrogen-bond acceptors (Lipinski definition) is 1. The lowest BCUT2D eigenvalue weighted by Crippen LogP contribution is -2.40. The number of nitrogens with zero attached hydrogens (tertiary/aromatic N) is 1. The standard InChI is InChI=1S/C25H51NO/c1-6-8-10-12-14-16-18-20-22-26(24(27)25(3,4)5)23-21-19-17-15-13-11-9-7-2/h6-23H2,1-5H3. The summed E-state index contributed by atoms with van der Waals surface area (Å²) in [4.78, 5) is 14.9. The minimum absolute atomic E-state index is 0.250. The zero-order chi connectivity index (χ0) is 20.4. The van der Waals surface area contributed by atoms with Crippen LogP contribution in [0.3, 0.4) is 0 Å². The van der Waals surface area contributed by atoms with Gasteiger partial charge in [-0.15, -0.1) is 0 Å². The molecule has 0 fully saturated rings. The van der Waals surface area contributed by atoms with Crippen LogP contribution in [0.25, 0.3) is 0 Å². The molecule has 0 aromatic rings. The highest BCUT2D eigenvalue weighted by molar-refractivity contribution is 5.81. The summed E-state index contributed by atoms with van der Waals surface area (Å²) in [7, 11) is 0. The van der Waals surface area contributed by atoms with E-state index in [1.807, 2.05) is 0 Å². The number of unbranched alkanes of at least 4 members (excludes halogenated alkanes) is 14. The summed E-state index contributed by atoms with van der Waals surface area (Å²) >= 11 is 0. The van der Waals surface area contributed by atoms with E-state index in [0.717, 1.165) is 13.1 Å². The van der Waals surface area contributed by atoms with E-state index in [4.69, 9.17) is 0 Å². The summed E-state index contributed by atoms with van der Waals surface area (Å²) < 4.78 is 0. The molecule has 1 amide bonds. The molecule has 27 heavy (non-hydrogen) atoms. The van der Waals surface area contributed by atoms with Gasteiger partial charge in [-0.2, -0.15) is 0 Å². The van der Waals surface area contributed by atoms with Gasteiger partial charge in [0.1, 0.15) is 0 Å². The molecule has 0 saturated carbocycles. The van der Waals surface area contributed by atoms with Crippen LogP contribution in [0.5, 0.6) is 0 Å². The van der Waals surface area contributed by atoms with Crippen LogP contribution in [0.1, 0.15) is 137 Å². The molecule has 0 aromatic heterocycles. The van der Waals surface area contributed by atoms with Gasteiger partial charge in [0.2, 0.25) is 5.91 Å². The molecule has 0 saturated heterocycles. The number of carbonyl (C=O) groups is 1. The Morgan fingerprint density at radius 1 is 0.556 bits per heavy atom. The molecular formula is C25H51NO. The Bertz CT molecular complexity index is 312. The summed E-state index contributed by atoms with van der Waals surface area (Å²) in [6.45, 7) is 12.6. The van der Waals surface area contributed by atoms with Crippen LogP contribution in [0.15, 0.2) is 0 Å². The van der Waals surface area contributed by atoms with Crippen molar-refractivity contribution in [2.24, 2.45) is 5.41 Å². The summed E-state index contributed by atoms with van der Waals surface area (Å²) in [6.07, 6.45) is 21.3. The maximum Gasteiger partial charge on any atom is 0.227 e. The van der Waals surface area contributed by atoms with Crippen molar-refractivity contribution in [3.63, 3.8) is 0 Å². The van der Waals surface area contributed by atoms with E-state index in [9.17, 15) is 4.79 Å². The van der Waals surface area contributed by atoms with Crippen molar-refractivity contribution in [1.82, 2.24) is 4.90 Å². The van der Waals surface area contributed by atoms with Crippen molar-refractivity contribution >= 4 is 5.91 Å². The van der Waals surface area contributed by atoms with E-state index < -0.39 is 0 Å².